The van der Waals surface area contributed by atoms with Gasteiger partial charge in [-0.3, -0.25) is 0 Å². The van der Waals surface area contributed by atoms with E-state index in [-0.39, 0.29) is 40.8 Å². The molecule has 0 atom stereocenters. The zero-order valence-corrected chi connectivity index (χ0v) is 29.5. The molecule has 0 aliphatic carbocycles. The number of halogens is 7. The van der Waals surface area contributed by atoms with Crippen LogP contribution >= 0.6 is 11.6 Å². The second kappa shape index (κ2) is 14.5. The van der Waals surface area contributed by atoms with E-state index in [1.165, 1.54) is 6.92 Å². The van der Waals surface area contributed by atoms with E-state index in [0.29, 0.717) is 30.9 Å². The van der Waals surface area contributed by atoms with Crippen molar-refractivity contribution in [3.05, 3.63) is 128 Å². The quantitative estimate of drug-likeness (QED) is 0.117. The van der Waals surface area contributed by atoms with Crippen LogP contribution in [-0.2, 0) is 12.4 Å². The molecule has 0 bridgehead atoms. The Morgan fingerprint density at radius 2 is 1.34 bits per heavy atom. The van der Waals surface area contributed by atoms with Gasteiger partial charge in [-0.2, -0.15) is 26.3 Å². The Morgan fingerprint density at radius 3 is 1.94 bits per heavy atom. The normalized spacial score (nSPS) is 14.9. The van der Waals surface area contributed by atoms with Crippen LogP contribution in [0.15, 0.2) is 82.8 Å². The predicted molar refractivity (Wildman–Crippen MR) is 189 cm³/mol. The van der Waals surface area contributed by atoms with E-state index in [9.17, 15) is 26.3 Å². The molecular weight excluding hydrogens is 674 g/mol. The van der Waals surface area contributed by atoms with Crippen LogP contribution in [0, 0.1) is 27.7 Å². The molecule has 4 nitrogen and oxygen atoms in total. The maximum absolute atomic E-state index is 14.8. The van der Waals surface area contributed by atoms with Crippen molar-refractivity contribution >= 4 is 34.6 Å². The first-order valence-corrected chi connectivity index (χ1v) is 16.7. The SMILES string of the molecule is Cc1cc(C)c(N=C(c2c(C)cc(C(F)(F)F)cc2C(F)(F)F)N2CCCN(C(=Nc3c(C)cccc3C(C)C)c3ccccc3)C2)c(Cl)c1. The molecule has 11 heteroatoms. The highest BCUT2D eigenvalue weighted by atomic mass is 35.5. The van der Waals surface area contributed by atoms with Crippen molar-refractivity contribution < 1.29 is 26.3 Å². The Labute approximate surface area is 294 Å². The number of hydrogen-bond donors (Lipinski definition) is 0. The number of alkyl halides is 6. The Kier molecular flexibility index (Phi) is 10.7. The van der Waals surface area contributed by atoms with Gasteiger partial charge in [-0.05, 0) is 86.1 Å². The van der Waals surface area contributed by atoms with Gasteiger partial charge in [-0.25, -0.2) is 9.98 Å². The molecule has 0 radical (unpaired) electrons. The number of benzene rings is 4. The van der Waals surface area contributed by atoms with Crippen molar-refractivity contribution in [3.8, 4) is 0 Å². The van der Waals surface area contributed by atoms with Gasteiger partial charge in [-0.15, -0.1) is 0 Å². The van der Waals surface area contributed by atoms with Crippen molar-refractivity contribution in [1.82, 2.24) is 9.80 Å². The zero-order chi connectivity index (χ0) is 36.5. The van der Waals surface area contributed by atoms with Crippen LogP contribution in [0.1, 0.15) is 76.3 Å². The first-order valence-electron chi connectivity index (χ1n) is 16.3. The van der Waals surface area contributed by atoms with Crippen molar-refractivity contribution in [3.63, 3.8) is 0 Å². The summed E-state index contributed by atoms with van der Waals surface area (Å²) in [6, 6.07) is 19.9. The summed E-state index contributed by atoms with van der Waals surface area (Å²) in [6.07, 6.45) is -9.58. The molecule has 50 heavy (non-hydrogen) atoms. The lowest BCUT2D eigenvalue weighted by Gasteiger charge is -2.40. The summed E-state index contributed by atoms with van der Waals surface area (Å²) in [5.41, 5.74) is 1.91. The van der Waals surface area contributed by atoms with Crippen molar-refractivity contribution in [2.75, 3.05) is 19.8 Å². The number of aliphatic imine (C=N–C) groups is 2. The van der Waals surface area contributed by atoms with Crippen LogP contribution in [0.25, 0.3) is 0 Å². The predicted octanol–water partition coefficient (Wildman–Crippen LogP) is 11.6. The molecule has 0 aromatic heterocycles. The topological polar surface area (TPSA) is 31.2 Å². The fourth-order valence-corrected chi connectivity index (χ4v) is 6.73. The van der Waals surface area contributed by atoms with Gasteiger partial charge in [-0.1, -0.05) is 80.0 Å². The third kappa shape index (κ3) is 8.01. The molecule has 1 aliphatic heterocycles. The number of nitrogens with zero attached hydrogens (tertiary/aromatic N) is 4. The van der Waals surface area contributed by atoms with Gasteiger partial charge >= 0.3 is 12.4 Å². The van der Waals surface area contributed by atoms with E-state index in [4.69, 9.17) is 21.6 Å². The van der Waals surface area contributed by atoms with Crippen LogP contribution in [0.5, 0.6) is 0 Å². The second-order valence-electron chi connectivity index (χ2n) is 13.0. The standard InChI is InChI=1S/C39H39ClF6N4/c1-23(2)30-15-10-12-25(4)34(30)47-36(28-13-8-7-9-14-28)49-16-11-17-50(22-49)37(48-35-27(6)18-24(3)19-32(35)40)33-26(5)20-29(38(41,42)43)21-31(33)39(44,45)46/h7-10,12-15,18-21,23H,11,16-17,22H2,1-6H3. The maximum Gasteiger partial charge on any atom is 0.417 e. The van der Waals surface area contributed by atoms with Gasteiger partial charge in [0.15, 0.2) is 0 Å². The van der Waals surface area contributed by atoms with Crippen LogP contribution in [-0.4, -0.2) is 41.2 Å². The lowest BCUT2D eigenvalue weighted by molar-refractivity contribution is -0.143. The average Bonchev–Trinajstić information content (AvgIpc) is 3.03. The Morgan fingerprint density at radius 1 is 0.700 bits per heavy atom. The van der Waals surface area contributed by atoms with E-state index in [1.54, 1.807) is 17.9 Å². The number of aryl methyl sites for hydroxylation is 4. The van der Waals surface area contributed by atoms with E-state index < -0.39 is 29.0 Å². The molecule has 5 rings (SSSR count). The minimum Gasteiger partial charge on any atom is -0.338 e. The minimum absolute atomic E-state index is 0.0652. The van der Waals surface area contributed by atoms with Crippen LogP contribution in [0.4, 0.5) is 37.7 Å². The molecule has 0 unspecified atom stereocenters. The number of hydrogen-bond acceptors (Lipinski definition) is 2. The molecule has 1 fully saturated rings. The molecule has 0 N–H and O–H groups in total. The van der Waals surface area contributed by atoms with Crippen molar-refractivity contribution in [2.45, 2.75) is 66.2 Å². The summed E-state index contributed by atoms with van der Waals surface area (Å²) in [4.78, 5) is 13.7. The van der Waals surface area contributed by atoms with Crippen LogP contribution in [0.3, 0.4) is 0 Å². The fraction of sp³-hybridized carbons (Fsp3) is 0.333. The Bertz CT molecular complexity index is 1910. The summed E-state index contributed by atoms with van der Waals surface area (Å²) in [6.45, 7) is 11.9. The van der Waals surface area contributed by atoms with Crippen LogP contribution < -0.4 is 0 Å². The summed E-state index contributed by atoms with van der Waals surface area (Å²) in [5, 5.41) is 0.222. The molecule has 264 valence electrons. The summed E-state index contributed by atoms with van der Waals surface area (Å²) < 4.78 is 85.9. The number of rotatable bonds is 5. The minimum atomic E-state index is -5.11. The van der Waals surface area contributed by atoms with E-state index >= 15 is 0 Å². The van der Waals surface area contributed by atoms with E-state index in [1.807, 2.05) is 73.3 Å². The summed E-state index contributed by atoms with van der Waals surface area (Å²) >= 11 is 6.64. The van der Waals surface area contributed by atoms with E-state index in [0.717, 1.165) is 34.0 Å². The second-order valence-corrected chi connectivity index (χ2v) is 13.5. The van der Waals surface area contributed by atoms with Crippen LogP contribution in [0.2, 0.25) is 5.02 Å². The molecule has 4 aromatic carbocycles. The lowest BCUT2D eigenvalue weighted by Crippen LogP contribution is -2.50. The third-order valence-corrected chi connectivity index (χ3v) is 9.03. The molecule has 1 aliphatic rings. The Hall–Kier alpha value is -4.31. The van der Waals surface area contributed by atoms with Gasteiger partial charge in [0.2, 0.25) is 0 Å². The monoisotopic (exact) mass is 712 g/mol. The summed E-state index contributed by atoms with van der Waals surface area (Å²) in [5.74, 6) is 0.678. The van der Waals surface area contributed by atoms with Crippen molar-refractivity contribution in [2.24, 2.45) is 9.98 Å². The van der Waals surface area contributed by atoms with Gasteiger partial charge in [0.05, 0.1) is 34.2 Å². The first kappa shape index (κ1) is 37.0. The van der Waals surface area contributed by atoms with Gasteiger partial charge in [0, 0.05) is 24.2 Å². The number of para-hydroxylation sites is 1. The molecule has 0 amide bonds. The smallest absolute Gasteiger partial charge is 0.338 e. The zero-order valence-electron chi connectivity index (χ0n) is 28.8. The molecular formula is C39H39ClF6N4. The van der Waals surface area contributed by atoms with Gasteiger partial charge < -0.3 is 9.80 Å². The fourth-order valence-electron chi connectivity index (χ4n) is 6.37. The maximum atomic E-state index is 14.8. The highest BCUT2D eigenvalue weighted by Crippen LogP contribution is 2.41. The van der Waals surface area contributed by atoms with Gasteiger partial charge in [0.1, 0.15) is 11.7 Å². The van der Waals surface area contributed by atoms with Gasteiger partial charge in [0.25, 0.3) is 0 Å². The molecule has 1 saturated heterocycles. The molecule has 4 aromatic rings. The molecule has 0 saturated carbocycles. The lowest BCUT2D eigenvalue weighted by atomic mass is 9.95. The highest BCUT2D eigenvalue weighted by molar-refractivity contribution is 6.33. The first-order chi connectivity index (χ1) is 23.5. The molecule has 0 spiro atoms. The Balaban J connectivity index is 1.74. The summed E-state index contributed by atoms with van der Waals surface area (Å²) in [7, 11) is 0. The molecule has 1 heterocycles. The third-order valence-electron chi connectivity index (χ3n) is 8.75. The average molecular weight is 713 g/mol. The largest absolute Gasteiger partial charge is 0.417 e. The highest BCUT2D eigenvalue weighted by Gasteiger charge is 2.41. The van der Waals surface area contributed by atoms with Crippen molar-refractivity contribution in [1.29, 1.82) is 0 Å². The number of amidine groups is 2. The van der Waals surface area contributed by atoms with E-state index in [2.05, 4.69) is 13.8 Å².